The molecule has 1 atom stereocenters. The largest absolute Gasteiger partial charge is 0.477 e. The molecule has 1 amide bonds. The first-order valence-corrected chi connectivity index (χ1v) is 4.76. The fourth-order valence-electron chi connectivity index (χ4n) is 1.22. The molecular formula is C9H14N2O5. The molecule has 0 bridgehead atoms. The summed E-state index contributed by atoms with van der Waals surface area (Å²) < 4.78 is 4.83. The highest BCUT2D eigenvalue weighted by Crippen LogP contribution is 2.12. The van der Waals surface area contributed by atoms with E-state index in [2.05, 4.69) is 5.16 Å². The van der Waals surface area contributed by atoms with E-state index in [9.17, 15) is 9.59 Å². The van der Waals surface area contributed by atoms with Crippen LogP contribution in [0.3, 0.4) is 0 Å². The van der Waals surface area contributed by atoms with E-state index in [1.807, 2.05) is 0 Å². The molecular weight excluding hydrogens is 216 g/mol. The van der Waals surface area contributed by atoms with E-state index < -0.39 is 12.1 Å². The number of carbonyl (C=O) groups is 2. The average molecular weight is 230 g/mol. The van der Waals surface area contributed by atoms with Crippen LogP contribution in [-0.4, -0.2) is 61.0 Å². The van der Waals surface area contributed by atoms with Gasteiger partial charge in [0.2, 0.25) is 6.10 Å². The van der Waals surface area contributed by atoms with Crippen molar-refractivity contribution in [1.82, 2.24) is 4.90 Å². The van der Waals surface area contributed by atoms with Crippen LogP contribution in [0.4, 0.5) is 0 Å². The van der Waals surface area contributed by atoms with Crippen LogP contribution in [0.2, 0.25) is 0 Å². The number of ether oxygens (including phenoxy) is 1. The third-order valence-corrected chi connectivity index (χ3v) is 2.20. The van der Waals surface area contributed by atoms with Gasteiger partial charge in [-0.3, -0.25) is 4.79 Å². The molecule has 0 aromatic heterocycles. The highest BCUT2D eigenvalue weighted by molar-refractivity contribution is 6.36. The molecule has 7 heteroatoms. The number of carboxylic acid groups (broad SMARTS) is 1. The number of nitrogens with zero attached hydrogens (tertiary/aromatic N) is 2. The van der Waals surface area contributed by atoms with Gasteiger partial charge in [-0.1, -0.05) is 5.16 Å². The summed E-state index contributed by atoms with van der Waals surface area (Å²) in [5.74, 6) is -1.45. The maximum atomic E-state index is 11.7. The van der Waals surface area contributed by atoms with Gasteiger partial charge in [-0.15, -0.1) is 0 Å². The van der Waals surface area contributed by atoms with E-state index >= 15 is 0 Å². The van der Waals surface area contributed by atoms with E-state index in [0.717, 1.165) is 0 Å². The lowest BCUT2D eigenvalue weighted by atomic mass is 10.1. The molecule has 1 unspecified atom stereocenters. The zero-order valence-electron chi connectivity index (χ0n) is 9.17. The topological polar surface area (TPSA) is 88.4 Å². The van der Waals surface area contributed by atoms with Crippen molar-refractivity contribution in [2.75, 3.05) is 27.3 Å². The standard InChI is InChI=1S/C9H14N2O5/c1-11(3-4-15-2)8(12)7-5-6(9(13)14)10-16-7/h7H,3-5H2,1-2H3,(H,13,14). The number of amides is 1. The van der Waals surface area contributed by atoms with Gasteiger partial charge >= 0.3 is 5.97 Å². The minimum atomic E-state index is -1.16. The summed E-state index contributed by atoms with van der Waals surface area (Å²) in [7, 11) is 3.14. The highest BCUT2D eigenvalue weighted by Gasteiger charge is 2.33. The van der Waals surface area contributed by atoms with Crippen LogP contribution in [-0.2, 0) is 19.2 Å². The number of carbonyl (C=O) groups excluding carboxylic acids is 1. The van der Waals surface area contributed by atoms with Gasteiger partial charge < -0.3 is 19.6 Å². The highest BCUT2D eigenvalue weighted by atomic mass is 16.6. The monoisotopic (exact) mass is 230 g/mol. The van der Waals surface area contributed by atoms with Crippen molar-refractivity contribution >= 4 is 17.6 Å². The molecule has 0 aromatic carbocycles. The fraction of sp³-hybridized carbons (Fsp3) is 0.667. The number of rotatable bonds is 5. The Morgan fingerprint density at radius 1 is 1.69 bits per heavy atom. The number of hydrogen-bond donors (Lipinski definition) is 1. The number of carboxylic acids is 1. The molecule has 0 aromatic rings. The van der Waals surface area contributed by atoms with Crippen molar-refractivity contribution < 1.29 is 24.3 Å². The Morgan fingerprint density at radius 2 is 2.38 bits per heavy atom. The second-order valence-electron chi connectivity index (χ2n) is 3.39. The zero-order chi connectivity index (χ0) is 12.1. The van der Waals surface area contributed by atoms with Gasteiger partial charge in [0.15, 0.2) is 5.71 Å². The molecule has 0 spiro atoms. The van der Waals surface area contributed by atoms with Gasteiger partial charge in [0.05, 0.1) is 6.61 Å². The maximum Gasteiger partial charge on any atom is 0.353 e. The number of likely N-dealkylation sites (N-methyl/N-ethyl adjacent to an activating group) is 1. The molecule has 90 valence electrons. The summed E-state index contributed by atoms with van der Waals surface area (Å²) in [5.41, 5.74) is -0.126. The van der Waals surface area contributed by atoms with Crippen molar-refractivity contribution in [3.63, 3.8) is 0 Å². The third-order valence-electron chi connectivity index (χ3n) is 2.20. The number of oxime groups is 1. The predicted molar refractivity (Wildman–Crippen MR) is 54.1 cm³/mol. The molecule has 0 aliphatic carbocycles. The predicted octanol–water partition coefficient (Wildman–Crippen LogP) is -0.679. The Hall–Kier alpha value is -1.63. The molecule has 0 fully saturated rings. The summed E-state index contributed by atoms with van der Waals surface area (Å²) in [6.45, 7) is 0.846. The Balaban J connectivity index is 2.43. The summed E-state index contributed by atoms with van der Waals surface area (Å²) in [5, 5.41) is 12.0. The van der Waals surface area contributed by atoms with E-state index in [0.29, 0.717) is 13.2 Å². The Kier molecular flexibility index (Phi) is 4.24. The minimum absolute atomic E-state index is 0.00545. The van der Waals surface area contributed by atoms with E-state index in [1.54, 1.807) is 7.05 Å². The molecule has 1 aliphatic rings. The van der Waals surface area contributed by atoms with E-state index in [-0.39, 0.29) is 18.0 Å². The Labute approximate surface area is 92.6 Å². The van der Waals surface area contributed by atoms with E-state index in [1.165, 1.54) is 12.0 Å². The quantitative estimate of drug-likeness (QED) is 0.676. The molecule has 1 heterocycles. The van der Waals surface area contributed by atoms with Crippen LogP contribution in [0.25, 0.3) is 0 Å². The third kappa shape index (κ3) is 2.93. The molecule has 0 saturated heterocycles. The molecule has 1 aliphatic heterocycles. The second-order valence-corrected chi connectivity index (χ2v) is 3.39. The van der Waals surface area contributed by atoms with Crippen molar-refractivity contribution in [3.8, 4) is 0 Å². The maximum absolute atomic E-state index is 11.7. The molecule has 16 heavy (non-hydrogen) atoms. The van der Waals surface area contributed by atoms with Gasteiger partial charge in [-0.2, -0.15) is 0 Å². The molecule has 7 nitrogen and oxygen atoms in total. The average Bonchev–Trinajstić information content (AvgIpc) is 2.74. The van der Waals surface area contributed by atoms with Gasteiger partial charge in [0.25, 0.3) is 5.91 Å². The van der Waals surface area contributed by atoms with Crippen molar-refractivity contribution in [2.24, 2.45) is 5.16 Å². The SMILES string of the molecule is COCCN(C)C(=O)C1CC(C(=O)O)=NO1. The summed E-state index contributed by atoms with van der Waals surface area (Å²) in [4.78, 5) is 28.4. The van der Waals surface area contributed by atoms with Crippen LogP contribution in [0.1, 0.15) is 6.42 Å². The zero-order valence-corrected chi connectivity index (χ0v) is 9.17. The van der Waals surface area contributed by atoms with Gasteiger partial charge in [0.1, 0.15) is 0 Å². The normalized spacial score (nSPS) is 18.9. The van der Waals surface area contributed by atoms with Gasteiger partial charge in [0, 0.05) is 27.1 Å². The Bertz CT molecular complexity index is 315. The first-order chi connectivity index (χ1) is 7.56. The fourth-order valence-corrected chi connectivity index (χ4v) is 1.22. The summed E-state index contributed by atoms with van der Waals surface area (Å²) in [6.07, 6.45) is -0.821. The molecule has 1 N–H and O–H groups in total. The molecule has 0 saturated carbocycles. The van der Waals surface area contributed by atoms with Crippen LogP contribution < -0.4 is 0 Å². The molecule has 0 radical (unpaired) electrons. The molecule has 1 rings (SSSR count). The lowest BCUT2D eigenvalue weighted by Gasteiger charge is -2.18. The Morgan fingerprint density at radius 3 is 2.88 bits per heavy atom. The van der Waals surface area contributed by atoms with Crippen molar-refractivity contribution in [3.05, 3.63) is 0 Å². The summed E-state index contributed by atoms with van der Waals surface area (Å²) >= 11 is 0. The van der Waals surface area contributed by atoms with Crippen LogP contribution in [0.15, 0.2) is 5.16 Å². The first-order valence-electron chi connectivity index (χ1n) is 4.76. The minimum Gasteiger partial charge on any atom is -0.477 e. The summed E-state index contributed by atoms with van der Waals surface area (Å²) in [6, 6.07) is 0. The van der Waals surface area contributed by atoms with Crippen LogP contribution in [0, 0.1) is 0 Å². The van der Waals surface area contributed by atoms with Gasteiger partial charge in [-0.25, -0.2) is 4.79 Å². The van der Waals surface area contributed by atoms with Crippen LogP contribution in [0.5, 0.6) is 0 Å². The first kappa shape index (κ1) is 12.4. The number of methoxy groups -OCH3 is 1. The van der Waals surface area contributed by atoms with Crippen molar-refractivity contribution in [1.29, 1.82) is 0 Å². The second kappa shape index (κ2) is 5.45. The van der Waals surface area contributed by atoms with E-state index in [4.69, 9.17) is 14.7 Å². The lowest BCUT2D eigenvalue weighted by molar-refractivity contribution is -0.141. The number of aliphatic carboxylic acids is 1. The lowest BCUT2D eigenvalue weighted by Crippen LogP contribution is -2.38. The van der Waals surface area contributed by atoms with Crippen LogP contribution >= 0.6 is 0 Å². The van der Waals surface area contributed by atoms with Crippen molar-refractivity contribution in [2.45, 2.75) is 12.5 Å². The van der Waals surface area contributed by atoms with Gasteiger partial charge in [-0.05, 0) is 0 Å². The number of hydrogen-bond acceptors (Lipinski definition) is 5. The smallest absolute Gasteiger partial charge is 0.353 e.